The first-order valence-corrected chi connectivity index (χ1v) is 11.1. The Balaban J connectivity index is 1.80. The van der Waals surface area contributed by atoms with Gasteiger partial charge in [-0.25, -0.2) is 0 Å². The molecule has 1 N–H and O–H groups in total. The van der Waals surface area contributed by atoms with Crippen LogP contribution in [0.1, 0.15) is 18.1 Å². The van der Waals surface area contributed by atoms with Crippen molar-refractivity contribution in [1.82, 2.24) is 0 Å². The van der Waals surface area contributed by atoms with Gasteiger partial charge in [0.15, 0.2) is 11.5 Å². The number of non-ortho nitro benzene ring substituents is 1. The maximum Gasteiger partial charge on any atom is 0.269 e. The van der Waals surface area contributed by atoms with Gasteiger partial charge in [-0.2, -0.15) is 5.26 Å². The molecule has 0 unspecified atom stereocenters. The van der Waals surface area contributed by atoms with Gasteiger partial charge in [0.05, 0.1) is 23.7 Å². The molecule has 184 valence electrons. The Labute approximate surface area is 212 Å². The number of hydrogen-bond acceptors (Lipinski definition) is 7. The van der Waals surface area contributed by atoms with E-state index in [2.05, 4.69) is 5.32 Å². The largest absolute Gasteiger partial charge is 0.497 e. The number of amides is 1. The molecule has 3 rings (SSSR count). The summed E-state index contributed by atoms with van der Waals surface area (Å²) < 4.78 is 16.6. The summed E-state index contributed by atoms with van der Waals surface area (Å²) in [7, 11) is 1.54. The van der Waals surface area contributed by atoms with Crippen molar-refractivity contribution in [1.29, 1.82) is 5.26 Å². The van der Waals surface area contributed by atoms with Crippen LogP contribution in [-0.2, 0) is 11.4 Å². The van der Waals surface area contributed by atoms with Crippen LogP contribution in [0, 0.1) is 21.4 Å². The number of nitrogens with zero attached hydrogens (tertiary/aromatic N) is 2. The fourth-order valence-corrected chi connectivity index (χ4v) is 3.41. The van der Waals surface area contributed by atoms with Crippen LogP contribution in [0.4, 0.5) is 11.4 Å². The molecule has 10 heteroatoms. The number of nitriles is 1. The molecule has 9 nitrogen and oxygen atoms in total. The van der Waals surface area contributed by atoms with E-state index in [0.717, 1.165) is 0 Å². The summed E-state index contributed by atoms with van der Waals surface area (Å²) in [5.41, 5.74) is 1.51. The Morgan fingerprint density at radius 1 is 1.14 bits per heavy atom. The minimum atomic E-state index is -0.588. The van der Waals surface area contributed by atoms with Gasteiger partial charge < -0.3 is 19.5 Å². The van der Waals surface area contributed by atoms with Crippen molar-refractivity contribution in [3.05, 3.63) is 92.5 Å². The number of carbonyl (C=O) groups is 1. The highest BCUT2D eigenvalue weighted by Crippen LogP contribution is 2.38. The second-order valence-corrected chi connectivity index (χ2v) is 7.73. The van der Waals surface area contributed by atoms with Gasteiger partial charge in [0.2, 0.25) is 0 Å². The number of nitrogens with one attached hydrogen (secondary N) is 1. The van der Waals surface area contributed by atoms with Crippen LogP contribution in [0.3, 0.4) is 0 Å². The average molecular weight is 508 g/mol. The fourth-order valence-electron chi connectivity index (χ4n) is 3.13. The summed E-state index contributed by atoms with van der Waals surface area (Å²) in [5, 5.41) is 23.2. The predicted molar refractivity (Wildman–Crippen MR) is 135 cm³/mol. The fraction of sp³-hybridized carbons (Fsp3) is 0.154. The van der Waals surface area contributed by atoms with E-state index in [0.29, 0.717) is 34.9 Å². The van der Waals surface area contributed by atoms with Gasteiger partial charge in [0, 0.05) is 17.8 Å². The van der Waals surface area contributed by atoms with Crippen LogP contribution in [0.5, 0.6) is 17.2 Å². The average Bonchev–Trinajstić information content (AvgIpc) is 2.87. The molecule has 0 saturated carbocycles. The zero-order chi connectivity index (χ0) is 26.1. The number of hydrogen-bond donors (Lipinski definition) is 1. The molecule has 0 aliphatic carbocycles. The first-order chi connectivity index (χ1) is 17.3. The quantitative estimate of drug-likeness (QED) is 0.159. The number of carbonyl (C=O) groups excluding carboxylic acids is 1. The zero-order valence-electron chi connectivity index (χ0n) is 19.5. The molecule has 0 aliphatic rings. The van der Waals surface area contributed by atoms with Crippen molar-refractivity contribution in [2.24, 2.45) is 0 Å². The number of nitro benzene ring substituents is 1. The topological polar surface area (TPSA) is 124 Å². The van der Waals surface area contributed by atoms with Crippen LogP contribution in [0.15, 0.2) is 66.2 Å². The minimum absolute atomic E-state index is 0.0211. The molecule has 0 heterocycles. The van der Waals surface area contributed by atoms with Gasteiger partial charge in [-0.15, -0.1) is 0 Å². The highest BCUT2D eigenvalue weighted by atomic mass is 35.5. The number of methoxy groups -OCH3 is 1. The first kappa shape index (κ1) is 26.1. The Morgan fingerprint density at radius 3 is 2.42 bits per heavy atom. The maximum absolute atomic E-state index is 12.6. The van der Waals surface area contributed by atoms with Crippen molar-refractivity contribution in [3.8, 4) is 23.3 Å². The summed E-state index contributed by atoms with van der Waals surface area (Å²) in [5.74, 6) is 0.648. The van der Waals surface area contributed by atoms with E-state index in [1.807, 2.05) is 6.07 Å². The van der Waals surface area contributed by atoms with Gasteiger partial charge in [0.25, 0.3) is 11.6 Å². The highest BCUT2D eigenvalue weighted by molar-refractivity contribution is 6.32. The van der Waals surface area contributed by atoms with Crippen LogP contribution in [0.2, 0.25) is 5.02 Å². The third kappa shape index (κ3) is 6.74. The first-order valence-electron chi connectivity index (χ1n) is 10.7. The number of halogens is 1. The van der Waals surface area contributed by atoms with E-state index in [4.69, 9.17) is 25.8 Å². The van der Waals surface area contributed by atoms with Gasteiger partial charge in [-0.05, 0) is 72.7 Å². The number of ether oxygens (including phenoxy) is 3. The Morgan fingerprint density at radius 2 is 1.83 bits per heavy atom. The van der Waals surface area contributed by atoms with E-state index >= 15 is 0 Å². The number of rotatable bonds is 10. The van der Waals surface area contributed by atoms with E-state index in [1.54, 1.807) is 55.5 Å². The molecule has 0 saturated heterocycles. The molecule has 36 heavy (non-hydrogen) atoms. The SMILES string of the molecule is CCOc1cc(/C=C(\C#N)C(=O)Nc2ccc(OC)cc2)cc(Cl)c1OCc1ccc([N+](=O)[O-])cc1. The molecular formula is C26H22ClN3O6. The Hall–Kier alpha value is -4.55. The van der Waals surface area contributed by atoms with Crippen molar-refractivity contribution in [2.45, 2.75) is 13.5 Å². The van der Waals surface area contributed by atoms with E-state index in [1.165, 1.54) is 25.3 Å². The molecule has 1 amide bonds. The normalized spacial score (nSPS) is 10.8. The molecule has 0 atom stereocenters. The van der Waals surface area contributed by atoms with Crippen molar-refractivity contribution >= 4 is 35.0 Å². The van der Waals surface area contributed by atoms with Gasteiger partial charge in [-0.3, -0.25) is 14.9 Å². The Bertz CT molecular complexity index is 1320. The van der Waals surface area contributed by atoms with E-state index < -0.39 is 10.8 Å². The molecule has 3 aromatic carbocycles. The smallest absolute Gasteiger partial charge is 0.269 e. The standard InChI is InChI=1S/C26H22ClN3O6/c1-3-35-24-14-18(12-19(15-28)26(31)29-20-6-10-22(34-2)11-7-20)13-23(27)25(24)36-16-17-4-8-21(9-5-17)30(32)33/h4-14H,3,16H2,1-2H3,(H,29,31)/b19-12+. The molecule has 0 aliphatic heterocycles. The summed E-state index contributed by atoms with van der Waals surface area (Å²) in [6.07, 6.45) is 1.40. The van der Waals surface area contributed by atoms with Crippen LogP contribution < -0.4 is 19.5 Å². The molecule has 0 radical (unpaired) electrons. The minimum Gasteiger partial charge on any atom is -0.497 e. The van der Waals surface area contributed by atoms with Crippen molar-refractivity contribution in [2.75, 3.05) is 19.0 Å². The van der Waals surface area contributed by atoms with Crippen LogP contribution in [0.25, 0.3) is 6.08 Å². The predicted octanol–water partition coefficient (Wildman–Crippen LogP) is 5.78. The molecule has 0 bridgehead atoms. The third-order valence-corrected chi connectivity index (χ3v) is 5.17. The number of benzene rings is 3. The van der Waals surface area contributed by atoms with E-state index in [9.17, 15) is 20.2 Å². The Kier molecular flexibility index (Phi) is 8.86. The molecular weight excluding hydrogens is 486 g/mol. The van der Waals surface area contributed by atoms with Gasteiger partial charge in [0.1, 0.15) is 24.0 Å². The molecule has 0 fully saturated rings. The third-order valence-electron chi connectivity index (χ3n) is 4.89. The lowest BCUT2D eigenvalue weighted by Crippen LogP contribution is -2.13. The van der Waals surface area contributed by atoms with Crippen molar-refractivity contribution in [3.63, 3.8) is 0 Å². The van der Waals surface area contributed by atoms with Gasteiger partial charge >= 0.3 is 0 Å². The second kappa shape index (κ2) is 12.2. The molecule has 3 aromatic rings. The van der Waals surface area contributed by atoms with Crippen molar-refractivity contribution < 1.29 is 23.9 Å². The monoisotopic (exact) mass is 507 g/mol. The highest BCUT2D eigenvalue weighted by Gasteiger charge is 2.15. The summed E-state index contributed by atoms with van der Waals surface area (Å²) in [6.45, 7) is 2.21. The van der Waals surface area contributed by atoms with E-state index in [-0.39, 0.29) is 28.6 Å². The van der Waals surface area contributed by atoms with Crippen LogP contribution in [-0.4, -0.2) is 24.5 Å². The molecule has 0 aromatic heterocycles. The summed E-state index contributed by atoms with van der Waals surface area (Å²) in [4.78, 5) is 23.0. The lowest BCUT2D eigenvalue weighted by molar-refractivity contribution is -0.384. The second-order valence-electron chi connectivity index (χ2n) is 7.33. The maximum atomic E-state index is 12.6. The number of nitro groups is 1. The number of anilines is 1. The van der Waals surface area contributed by atoms with Crippen LogP contribution >= 0.6 is 11.6 Å². The van der Waals surface area contributed by atoms with Gasteiger partial charge in [-0.1, -0.05) is 11.6 Å². The summed E-state index contributed by atoms with van der Waals surface area (Å²) >= 11 is 6.45. The summed E-state index contributed by atoms with van der Waals surface area (Å²) in [6, 6.07) is 17.7. The lowest BCUT2D eigenvalue weighted by atomic mass is 10.1. The lowest BCUT2D eigenvalue weighted by Gasteiger charge is -2.15. The molecule has 0 spiro atoms. The zero-order valence-corrected chi connectivity index (χ0v) is 20.2.